The van der Waals surface area contributed by atoms with Gasteiger partial charge in [-0.2, -0.15) is 11.8 Å². The van der Waals surface area contributed by atoms with Crippen LogP contribution in [0, 0.1) is 0 Å². The molecule has 5 nitrogen and oxygen atoms in total. The highest BCUT2D eigenvalue weighted by molar-refractivity contribution is 14.0. The van der Waals surface area contributed by atoms with Crippen LogP contribution in [-0.2, 0) is 6.54 Å². The van der Waals surface area contributed by atoms with Gasteiger partial charge in [-0.25, -0.2) is 4.98 Å². The summed E-state index contributed by atoms with van der Waals surface area (Å²) in [6, 6.07) is 3.90. The van der Waals surface area contributed by atoms with Gasteiger partial charge in [-0.1, -0.05) is 13.0 Å². The lowest BCUT2D eigenvalue weighted by molar-refractivity contribution is 0.397. The zero-order valence-electron chi connectivity index (χ0n) is 13.4. The van der Waals surface area contributed by atoms with Gasteiger partial charge in [-0.3, -0.25) is 4.99 Å². The summed E-state index contributed by atoms with van der Waals surface area (Å²) in [6.45, 7) is 5.11. The SMILES string of the molecule is CCC1CN(C(=NC)NCc2ccc(OC)nc2)CCS1.I. The number of hydrogen-bond donors (Lipinski definition) is 1. The van der Waals surface area contributed by atoms with E-state index in [0.29, 0.717) is 11.1 Å². The molecule has 0 saturated carbocycles. The number of nitrogens with zero attached hydrogens (tertiary/aromatic N) is 3. The van der Waals surface area contributed by atoms with Crippen molar-refractivity contribution in [3.05, 3.63) is 23.9 Å². The van der Waals surface area contributed by atoms with Gasteiger partial charge < -0.3 is 15.0 Å². The first-order valence-electron chi connectivity index (χ1n) is 7.33. The Bertz CT molecular complexity index is 469. The summed E-state index contributed by atoms with van der Waals surface area (Å²) < 4.78 is 5.07. The maximum atomic E-state index is 5.07. The summed E-state index contributed by atoms with van der Waals surface area (Å²) in [5, 5.41) is 4.13. The monoisotopic (exact) mass is 436 g/mol. The second kappa shape index (κ2) is 10.1. The van der Waals surface area contributed by atoms with E-state index in [-0.39, 0.29) is 24.0 Å². The minimum Gasteiger partial charge on any atom is -0.481 e. The second-order valence-corrected chi connectivity index (χ2v) is 6.36. The molecule has 1 atom stereocenters. The van der Waals surface area contributed by atoms with Gasteiger partial charge in [0.15, 0.2) is 5.96 Å². The van der Waals surface area contributed by atoms with Crippen molar-refractivity contribution in [1.82, 2.24) is 15.2 Å². The normalized spacial score (nSPS) is 18.6. The molecular formula is C15H25IN4OS. The van der Waals surface area contributed by atoms with Crippen LogP contribution in [-0.4, -0.2) is 54.1 Å². The van der Waals surface area contributed by atoms with Crippen molar-refractivity contribution in [2.24, 2.45) is 4.99 Å². The largest absolute Gasteiger partial charge is 0.481 e. The van der Waals surface area contributed by atoms with Crippen LogP contribution in [0.2, 0.25) is 0 Å². The van der Waals surface area contributed by atoms with E-state index in [1.165, 1.54) is 12.2 Å². The highest BCUT2D eigenvalue weighted by atomic mass is 127. The molecule has 0 bridgehead atoms. The van der Waals surface area contributed by atoms with E-state index in [1.807, 2.05) is 25.4 Å². The van der Waals surface area contributed by atoms with Crippen molar-refractivity contribution in [3.8, 4) is 5.88 Å². The molecule has 124 valence electrons. The first kappa shape index (κ1) is 19.3. The van der Waals surface area contributed by atoms with Crippen molar-refractivity contribution in [1.29, 1.82) is 0 Å². The summed E-state index contributed by atoms with van der Waals surface area (Å²) in [5.41, 5.74) is 1.12. The molecule has 0 radical (unpaired) electrons. The molecule has 2 rings (SSSR count). The fourth-order valence-electron chi connectivity index (χ4n) is 2.31. The third kappa shape index (κ3) is 5.49. The molecule has 0 amide bonds. The Kier molecular flexibility index (Phi) is 8.92. The highest BCUT2D eigenvalue weighted by Crippen LogP contribution is 2.21. The predicted octanol–water partition coefficient (Wildman–Crippen LogP) is 2.61. The second-order valence-electron chi connectivity index (χ2n) is 4.96. The molecule has 1 unspecified atom stereocenters. The van der Waals surface area contributed by atoms with Crippen LogP contribution in [0.15, 0.2) is 23.3 Å². The number of ether oxygens (including phenoxy) is 1. The van der Waals surface area contributed by atoms with E-state index < -0.39 is 0 Å². The number of nitrogens with one attached hydrogen (secondary N) is 1. The van der Waals surface area contributed by atoms with Gasteiger partial charge in [0.1, 0.15) is 0 Å². The molecule has 1 fully saturated rings. The number of guanidine groups is 1. The molecule has 1 aliphatic heterocycles. The summed E-state index contributed by atoms with van der Waals surface area (Å²) >= 11 is 2.07. The molecule has 0 aliphatic carbocycles. The van der Waals surface area contributed by atoms with Crippen molar-refractivity contribution in [2.75, 3.05) is 33.0 Å². The molecule has 0 aromatic carbocycles. The number of halogens is 1. The molecule has 1 aromatic heterocycles. The third-order valence-corrected chi connectivity index (χ3v) is 4.93. The van der Waals surface area contributed by atoms with E-state index in [9.17, 15) is 0 Å². The Hall–Kier alpha value is -0.700. The molecule has 1 aromatic rings. The minimum absolute atomic E-state index is 0. The summed E-state index contributed by atoms with van der Waals surface area (Å²) in [6.07, 6.45) is 3.04. The fraction of sp³-hybridized carbons (Fsp3) is 0.600. The lowest BCUT2D eigenvalue weighted by Crippen LogP contribution is -2.47. The lowest BCUT2D eigenvalue weighted by atomic mass is 10.3. The smallest absolute Gasteiger partial charge is 0.212 e. The number of hydrogen-bond acceptors (Lipinski definition) is 4. The maximum absolute atomic E-state index is 5.07. The Labute approximate surface area is 154 Å². The molecule has 0 spiro atoms. The average molecular weight is 436 g/mol. The maximum Gasteiger partial charge on any atom is 0.212 e. The molecule has 22 heavy (non-hydrogen) atoms. The molecular weight excluding hydrogens is 411 g/mol. The van der Waals surface area contributed by atoms with E-state index in [4.69, 9.17) is 4.74 Å². The summed E-state index contributed by atoms with van der Waals surface area (Å²) in [5.74, 6) is 2.79. The topological polar surface area (TPSA) is 49.8 Å². The van der Waals surface area contributed by atoms with Crippen molar-refractivity contribution in [2.45, 2.75) is 25.1 Å². The van der Waals surface area contributed by atoms with Gasteiger partial charge >= 0.3 is 0 Å². The van der Waals surface area contributed by atoms with E-state index in [2.05, 4.69) is 38.9 Å². The van der Waals surface area contributed by atoms with E-state index in [0.717, 1.165) is 31.2 Å². The van der Waals surface area contributed by atoms with Crippen LogP contribution in [0.4, 0.5) is 0 Å². The number of methoxy groups -OCH3 is 1. The first-order valence-corrected chi connectivity index (χ1v) is 8.37. The molecule has 7 heteroatoms. The van der Waals surface area contributed by atoms with E-state index in [1.54, 1.807) is 7.11 Å². The van der Waals surface area contributed by atoms with Crippen LogP contribution >= 0.6 is 35.7 Å². The zero-order chi connectivity index (χ0) is 15.1. The average Bonchev–Trinajstić information content (AvgIpc) is 2.56. The number of pyridine rings is 1. The standard InChI is InChI=1S/C15H24N4OS.HI/c1-4-13-11-19(7-8-21-13)15(16-2)18-10-12-5-6-14(20-3)17-9-12;/h5-6,9,13H,4,7-8,10-11H2,1-3H3,(H,16,18);1H. The van der Waals surface area contributed by atoms with Crippen LogP contribution in [0.5, 0.6) is 5.88 Å². The van der Waals surface area contributed by atoms with Gasteiger partial charge in [0.25, 0.3) is 0 Å². The van der Waals surface area contributed by atoms with Crippen molar-refractivity contribution >= 4 is 41.7 Å². The van der Waals surface area contributed by atoms with Gasteiger partial charge in [0, 0.05) is 49.9 Å². The predicted molar refractivity (Wildman–Crippen MR) is 105 cm³/mol. The highest BCUT2D eigenvalue weighted by Gasteiger charge is 2.21. The Balaban J connectivity index is 0.00000242. The fourth-order valence-corrected chi connectivity index (χ4v) is 3.49. The zero-order valence-corrected chi connectivity index (χ0v) is 16.6. The number of aromatic nitrogens is 1. The summed E-state index contributed by atoms with van der Waals surface area (Å²) in [4.78, 5) is 11.0. The van der Waals surface area contributed by atoms with Crippen LogP contribution in [0.3, 0.4) is 0 Å². The van der Waals surface area contributed by atoms with Gasteiger partial charge in [-0.15, -0.1) is 24.0 Å². The lowest BCUT2D eigenvalue weighted by Gasteiger charge is -2.34. The Morgan fingerprint density at radius 3 is 2.95 bits per heavy atom. The third-order valence-electron chi connectivity index (χ3n) is 3.56. The van der Waals surface area contributed by atoms with Gasteiger partial charge in [0.2, 0.25) is 5.88 Å². The Morgan fingerprint density at radius 2 is 2.36 bits per heavy atom. The van der Waals surface area contributed by atoms with E-state index >= 15 is 0 Å². The molecule has 1 aliphatic rings. The molecule has 1 N–H and O–H groups in total. The van der Waals surface area contributed by atoms with Gasteiger partial charge in [-0.05, 0) is 12.0 Å². The molecule has 1 saturated heterocycles. The number of rotatable bonds is 4. The number of aliphatic imine (C=N–C) groups is 1. The minimum atomic E-state index is 0. The van der Waals surface area contributed by atoms with Crippen LogP contribution in [0.1, 0.15) is 18.9 Å². The Morgan fingerprint density at radius 1 is 1.55 bits per heavy atom. The first-order chi connectivity index (χ1) is 10.3. The number of thioether (sulfide) groups is 1. The van der Waals surface area contributed by atoms with Crippen LogP contribution < -0.4 is 10.1 Å². The van der Waals surface area contributed by atoms with Gasteiger partial charge in [0.05, 0.1) is 7.11 Å². The van der Waals surface area contributed by atoms with Crippen molar-refractivity contribution < 1.29 is 4.74 Å². The molecule has 2 heterocycles. The summed E-state index contributed by atoms with van der Waals surface area (Å²) in [7, 11) is 3.47. The van der Waals surface area contributed by atoms with Crippen molar-refractivity contribution in [3.63, 3.8) is 0 Å². The van der Waals surface area contributed by atoms with Crippen LogP contribution in [0.25, 0.3) is 0 Å². The quantitative estimate of drug-likeness (QED) is 0.447.